The monoisotopic (exact) mass is 292 g/mol. The number of nitrogens with one attached hydrogen (secondary N) is 4. The zero-order chi connectivity index (χ0) is 14.8. The topological polar surface area (TPSA) is 115 Å². The highest BCUT2D eigenvalue weighted by atomic mass is 15.0. The van der Waals surface area contributed by atoms with Gasteiger partial charge in [-0.1, -0.05) is 0 Å². The summed E-state index contributed by atoms with van der Waals surface area (Å²) < 4.78 is 0. The number of hydrogen-bond acceptors (Lipinski definition) is 4. The lowest BCUT2D eigenvalue weighted by atomic mass is 10.1. The molecule has 0 saturated heterocycles. The predicted molar refractivity (Wildman–Crippen MR) is 79.4 cm³/mol. The second-order valence-electron chi connectivity index (χ2n) is 4.50. The molecule has 0 aliphatic rings. The Bertz CT molecular complexity index is 705. The van der Waals surface area contributed by atoms with E-state index < -0.39 is 0 Å². The fraction of sp³-hybridized carbons (Fsp3) is 0. The van der Waals surface area contributed by atoms with E-state index in [0.29, 0.717) is 23.3 Å². The maximum absolute atomic E-state index is 4.36. The maximum Gasteiger partial charge on any atom is 0.141 e. The molecule has 4 heterocycles. The smallest absolute Gasteiger partial charge is 0.141 e. The van der Waals surface area contributed by atoms with Crippen molar-refractivity contribution in [1.82, 2.24) is 39.9 Å². The number of imidazole rings is 4. The van der Waals surface area contributed by atoms with Crippen LogP contribution in [0, 0.1) is 0 Å². The number of aromatic nitrogens is 8. The molecule has 0 aromatic carbocycles. The van der Waals surface area contributed by atoms with Gasteiger partial charge < -0.3 is 19.9 Å². The van der Waals surface area contributed by atoms with Crippen LogP contribution in [-0.4, -0.2) is 39.9 Å². The van der Waals surface area contributed by atoms with E-state index in [-0.39, 0.29) is 0 Å². The Balaban J connectivity index is 2.06. The van der Waals surface area contributed by atoms with Gasteiger partial charge in [0.1, 0.15) is 23.3 Å². The Kier molecular flexibility index (Phi) is 2.90. The van der Waals surface area contributed by atoms with Crippen LogP contribution in [0.4, 0.5) is 0 Å². The minimum atomic E-state index is 0.678. The third kappa shape index (κ3) is 2.03. The van der Waals surface area contributed by atoms with Crippen molar-refractivity contribution < 1.29 is 0 Å². The average Bonchev–Trinajstić information content (AvgIpc) is 3.35. The molecule has 0 radical (unpaired) electrons. The first-order valence-electron chi connectivity index (χ1n) is 6.67. The first-order chi connectivity index (χ1) is 10.9. The van der Waals surface area contributed by atoms with Gasteiger partial charge in [0.05, 0.1) is 11.1 Å². The highest BCUT2D eigenvalue weighted by Crippen LogP contribution is 2.30. The van der Waals surface area contributed by atoms with Gasteiger partial charge in [0.15, 0.2) is 0 Å². The van der Waals surface area contributed by atoms with E-state index in [1.54, 1.807) is 49.6 Å². The van der Waals surface area contributed by atoms with E-state index in [9.17, 15) is 0 Å². The summed E-state index contributed by atoms with van der Waals surface area (Å²) >= 11 is 0. The second-order valence-corrected chi connectivity index (χ2v) is 4.50. The van der Waals surface area contributed by atoms with Crippen LogP contribution in [-0.2, 0) is 0 Å². The molecule has 22 heavy (non-hydrogen) atoms. The van der Waals surface area contributed by atoms with E-state index >= 15 is 0 Å². The molecule has 8 nitrogen and oxygen atoms in total. The number of nitrogens with zero attached hydrogens (tertiary/aromatic N) is 4. The van der Waals surface area contributed by atoms with Gasteiger partial charge in [-0.05, 0) is 0 Å². The standard InChI is InChI=1S/C14H12N8/c1-2-16-11(15-1)9(12-17-3-4-18-12)10(13-19-5-6-20-13)14-21-7-8-22-14/h1-8H,(H,15,16)(H,17,18)(H,19,20)(H,21,22). The summed E-state index contributed by atoms with van der Waals surface area (Å²) in [5, 5.41) is 0. The summed E-state index contributed by atoms with van der Waals surface area (Å²) in [5.41, 5.74) is 1.56. The van der Waals surface area contributed by atoms with E-state index in [4.69, 9.17) is 0 Å². The van der Waals surface area contributed by atoms with Crippen molar-refractivity contribution in [3.05, 3.63) is 72.9 Å². The van der Waals surface area contributed by atoms with Gasteiger partial charge in [-0.15, -0.1) is 0 Å². The van der Waals surface area contributed by atoms with E-state index in [0.717, 1.165) is 11.1 Å². The van der Waals surface area contributed by atoms with Gasteiger partial charge in [-0.25, -0.2) is 19.9 Å². The van der Waals surface area contributed by atoms with Crippen molar-refractivity contribution in [3.63, 3.8) is 0 Å². The molecule has 4 rings (SSSR count). The van der Waals surface area contributed by atoms with Gasteiger partial charge in [-0.3, -0.25) is 0 Å². The molecule has 0 aliphatic heterocycles. The minimum Gasteiger partial charge on any atom is -0.344 e. The normalized spacial score (nSPS) is 10.7. The number of H-pyrrole nitrogens is 4. The molecule has 4 aromatic rings. The van der Waals surface area contributed by atoms with Crippen LogP contribution >= 0.6 is 0 Å². The lowest BCUT2D eigenvalue weighted by molar-refractivity contribution is 1.13. The van der Waals surface area contributed by atoms with Crippen LogP contribution in [0.5, 0.6) is 0 Å². The van der Waals surface area contributed by atoms with Crippen molar-refractivity contribution >= 4 is 11.1 Å². The van der Waals surface area contributed by atoms with Crippen LogP contribution in [0.15, 0.2) is 49.6 Å². The van der Waals surface area contributed by atoms with Gasteiger partial charge in [0.25, 0.3) is 0 Å². The lowest BCUT2D eigenvalue weighted by Gasteiger charge is -2.08. The average molecular weight is 292 g/mol. The van der Waals surface area contributed by atoms with Gasteiger partial charge in [-0.2, -0.15) is 0 Å². The third-order valence-electron chi connectivity index (χ3n) is 3.19. The minimum absolute atomic E-state index is 0.678. The first-order valence-corrected chi connectivity index (χ1v) is 6.67. The Labute approximate surface area is 124 Å². The predicted octanol–water partition coefficient (Wildman–Crippen LogP) is 1.59. The first kappa shape index (κ1) is 12.3. The Morgan fingerprint density at radius 2 is 0.773 bits per heavy atom. The third-order valence-corrected chi connectivity index (χ3v) is 3.19. The zero-order valence-electron chi connectivity index (χ0n) is 11.4. The molecule has 0 spiro atoms. The summed E-state index contributed by atoms with van der Waals surface area (Å²) in [4.78, 5) is 29.9. The van der Waals surface area contributed by atoms with Crippen LogP contribution in [0.1, 0.15) is 23.3 Å². The molecule has 0 aliphatic carbocycles. The van der Waals surface area contributed by atoms with Crippen molar-refractivity contribution in [2.45, 2.75) is 0 Å². The summed E-state index contributed by atoms with van der Waals surface area (Å²) in [6.45, 7) is 0. The van der Waals surface area contributed by atoms with Crippen molar-refractivity contribution in [1.29, 1.82) is 0 Å². The highest BCUT2D eigenvalue weighted by Gasteiger charge is 2.22. The molecule has 4 N–H and O–H groups in total. The largest absolute Gasteiger partial charge is 0.344 e. The molecule has 4 aromatic heterocycles. The molecular formula is C14H12N8. The van der Waals surface area contributed by atoms with E-state index in [2.05, 4.69) is 39.9 Å². The zero-order valence-corrected chi connectivity index (χ0v) is 11.4. The maximum atomic E-state index is 4.36. The number of aromatic amines is 4. The number of rotatable bonds is 4. The van der Waals surface area contributed by atoms with Crippen molar-refractivity contribution in [2.75, 3.05) is 0 Å². The second kappa shape index (κ2) is 5.17. The molecule has 0 saturated carbocycles. The quantitative estimate of drug-likeness (QED) is 0.457. The van der Waals surface area contributed by atoms with Gasteiger partial charge in [0, 0.05) is 49.6 Å². The molecule has 0 bridgehead atoms. The summed E-state index contributed by atoms with van der Waals surface area (Å²) in [6.07, 6.45) is 13.8. The Morgan fingerprint density at radius 1 is 0.500 bits per heavy atom. The van der Waals surface area contributed by atoms with Crippen LogP contribution in [0.2, 0.25) is 0 Å². The number of hydrogen-bond donors (Lipinski definition) is 4. The SMILES string of the molecule is c1c[nH]c(C(=C(c2ncc[nH]2)c2ncc[nH]2)c2ncc[nH]2)n1. The van der Waals surface area contributed by atoms with E-state index in [1.807, 2.05) is 0 Å². The fourth-order valence-corrected chi connectivity index (χ4v) is 2.31. The Morgan fingerprint density at radius 3 is 0.955 bits per heavy atom. The summed E-state index contributed by atoms with van der Waals surface area (Å²) in [6, 6.07) is 0. The highest BCUT2D eigenvalue weighted by molar-refractivity contribution is 5.98. The molecule has 0 atom stereocenters. The lowest BCUT2D eigenvalue weighted by Crippen LogP contribution is -2.03. The fourth-order valence-electron chi connectivity index (χ4n) is 2.31. The Hall–Kier alpha value is -3.42. The van der Waals surface area contributed by atoms with Crippen LogP contribution in [0.3, 0.4) is 0 Å². The van der Waals surface area contributed by atoms with Gasteiger partial charge >= 0.3 is 0 Å². The van der Waals surface area contributed by atoms with Crippen LogP contribution in [0.25, 0.3) is 11.1 Å². The molecule has 0 fully saturated rings. The molecule has 0 amide bonds. The molecular weight excluding hydrogens is 280 g/mol. The summed E-state index contributed by atoms with van der Waals surface area (Å²) in [7, 11) is 0. The van der Waals surface area contributed by atoms with E-state index in [1.165, 1.54) is 0 Å². The van der Waals surface area contributed by atoms with Crippen molar-refractivity contribution in [2.24, 2.45) is 0 Å². The molecule has 8 heteroatoms. The molecule has 0 unspecified atom stereocenters. The van der Waals surface area contributed by atoms with Gasteiger partial charge in [0.2, 0.25) is 0 Å². The van der Waals surface area contributed by atoms with Crippen molar-refractivity contribution in [3.8, 4) is 0 Å². The molecule has 108 valence electrons. The van der Waals surface area contributed by atoms with Crippen LogP contribution < -0.4 is 0 Å². The summed E-state index contributed by atoms with van der Waals surface area (Å²) in [5.74, 6) is 2.71.